The lowest BCUT2D eigenvalue weighted by molar-refractivity contribution is -0.114. The molecule has 0 aliphatic rings. The third-order valence-corrected chi connectivity index (χ3v) is 8.30. The Labute approximate surface area is 274 Å². The van der Waals surface area contributed by atoms with E-state index in [2.05, 4.69) is 20.9 Å². The molecule has 5 aromatic rings. The number of nitrogens with zero attached hydrogens (tertiary/aromatic N) is 1. The lowest BCUT2D eigenvalue weighted by Gasteiger charge is -2.14. The largest absolute Gasteiger partial charge is 0.493 e. The van der Waals surface area contributed by atoms with E-state index in [1.807, 2.05) is 41.8 Å². The number of aromatic nitrogens is 1. The van der Waals surface area contributed by atoms with Gasteiger partial charge >= 0.3 is 0 Å². The number of nitrogens with one attached hydrogen (secondary N) is 3. The fourth-order valence-electron chi connectivity index (χ4n) is 4.36. The zero-order valence-corrected chi connectivity index (χ0v) is 26.6. The van der Waals surface area contributed by atoms with Gasteiger partial charge in [0.25, 0.3) is 11.8 Å². The van der Waals surface area contributed by atoms with E-state index in [0.29, 0.717) is 33.4 Å². The van der Waals surface area contributed by atoms with E-state index in [0.717, 1.165) is 16.2 Å². The summed E-state index contributed by atoms with van der Waals surface area (Å²) in [5.74, 6) is -0.164. The summed E-state index contributed by atoms with van der Waals surface area (Å²) in [6.07, 6.45) is 1.53. The molecule has 46 heavy (non-hydrogen) atoms. The number of hydrogen-bond acceptors (Lipinski definition) is 8. The number of para-hydroxylation sites is 1. The minimum absolute atomic E-state index is 0.00356. The van der Waals surface area contributed by atoms with Crippen molar-refractivity contribution >= 4 is 57.7 Å². The van der Waals surface area contributed by atoms with Crippen LogP contribution in [0.4, 0.5) is 10.8 Å². The van der Waals surface area contributed by atoms with Gasteiger partial charge in [0.05, 0.1) is 25.7 Å². The molecule has 3 N–H and O–H groups in total. The molecular weight excluding hydrogens is 621 g/mol. The Kier molecular flexibility index (Phi) is 10.8. The van der Waals surface area contributed by atoms with Crippen molar-refractivity contribution in [2.24, 2.45) is 0 Å². The number of rotatable bonds is 12. The highest BCUT2D eigenvalue weighted by atomic mass is 32.2. The normalized spacial score (nSPS) is 11.0. The number of carbonyl (C=O) groups excluding carboxylic acids is 3. The highest BCUT2D eigenvalue weighted by molar-refractivity contribution is 8.00. The molecule has 1 aromatic heterocycles. The van der Waals surface area contributed by atoms with Gasteiger partial charge in [0.1, 0.15) is 5.70 Å². The van der Waals surface area contributed by atoms with Crippen molar-refractivity contribution in [3.05, 3.63) is 125 Å². The number of anilines is 2. The van der Waals surface area contributed by atoms with Crippen molar-refractivity contribution in [2.45, 2.75) is 4.90 Å². The van der Waals surface area contributed by atoms with Crippen LogP contribution in [0.5, 0.6) is 11.5 Å². The quantitative estimate of drug-likeness (QED) is 0.0986. The second-order valence-corrected chi connectivity index (χ2v) is 11.6. The van der Waals surface area contributed by atoms with Gasteiger partial charge in [0, 0.05) is 32.7 Å². The summed E-state index contributed by atoms with van der Waals surface area (Å²) in [7, 11) is 3.02. The second-order valence-electron chi connectivity index (χ2n) is 9.68. The Hall–Kier alpha value is -5.39. The van der Waals surface area contributed by atoms with Crippen LogP contribution in [0.15, 0.2) is 119 Å². The first-order valence-corrected chi connectivity index (χ1v) is 15.9. The summed E-state index contributed by atoms with van der Waals surface area (Å²) >= 11 is 2.68. The number of amides is 3. The number of benzene rings is 4. The van der Waals surface area contributed by atoms with Crippen LogP contribution in [0.1, 0.15) is 15.9 Å². The van der Waals surface area contributed by atoms with E-state index < -0.39 is 11.8 Å². The van der Waals surface area contributed by atoms with Crippen LogP contribution < -0.4 is 25.4 Å². The van der Waals surface area contributed by atoms with E-state index in [1.165, 1.54) is 43.4 Å². The molecule has 0 bridgehead atoms. The number of ether oxygens (including phenoxy) is 2. The van der Waals surface area contributed by atoms with E-state index in [4.69, 9.17) is 9.47 Å². The summed E-state index contributed by atoms with van der Waals surface area (Å²) in [6, 6.07) is 30.7. The van der Waals surface area contributed by atoms with Crippen LogP contribution in [-0.4, -0.2) is 42.7 Å². The molecule has 232 valence electrons. The van der Waals surface area contributed by atoms with Crippen LogP contribution >= 0.6 is 23.1 Å². The van der Waals surface area contributed by atoms with Gasteiger partial charge in [-0.2, -0.15) is 0 Å². The summed E-state index contributed by atoms with van der Waals surface area (Å²) < 4.78 is 10.9. The zero-order chi connectivity index (χ0) is 32.3. The van der Waals surface area contributed by atoms with Crippen molar-refractivity contribution in [1.29, 1.82) is 0 Å². The average Bonchev–Trinajstić information content (AvgIpc) is 3.56. The first-order valence-electron chi connectivity index (χ1n) is 14.1. The van der Waals surface area contributed by atoms with Crippen LogP contribution in [0.2, 0.25) is 0 Å². The van der Waals surface area contributed by atoms with Gasteiger partial charge in [-0.15, -0.1) is 23.1 Å². The molecule has 0 radical (unpaired) electrons. The van der Waals surface area contributed by atoms with Gasteiger partial charge in [-0.25, -0.2) is 4.98 Å². The lowest BCUT2D eigenvalue weighted by Crippen LogP contribution is -2.30. The monoisotopic (exact) mass is 650 g/mol. The van der Waals surface area contributed by atoms with Gasteiger partial charge in [-0.1, -0.05) is 66.7 Å². The van der Waals surface area contributed by atoms with Gasteiger partial charge in [-0.3, -0.25) is 14.4 Å². The number of methoxy groups -OCH3 is 2. The van der Waals surface area contributed by atoms with Crippen molar-refractivity contribution < 1.29 is 23.9 Å². The maximum atomic E-state index is 13.6. The van der Waals surface area contributed by atoms with Crippen LogP contribution in [0.25, 0.3) is 17.3 Å². The first-order chi connectivity index (χ1) is 22.4. The maximum Gasteiger partial charge on any atom is 0.272 e. The van der Waals surface area contributed by atoms with Gasteiger partial charge in [0.2, 0.25) is 5.91 Å². The van der Waals surface area contributed by atoms with Gasteiger partial charge in [-0.05, 0) is 42.5 Å². The molecule has 9 nitrogen and oxygen atoms in total. The minimum atomic E-state index is -0.549. The van der Waals surface area contributed by atoms with Crippen LogP contribution in [0.3, 0.4) is 0 Å². The standard InChI is InChI=1S/C35H30N4O5S2/c1-43-30-18-9-15-25(32(30)44-2)19-28(37-33(41)24-13-7-4-8-14-24)34(42)36-26-16-10-17-27(20-26)45-22-31(40)39-35-38-29(21-46-35)23-11-5-3-6-12-23/h3-21H,22H2,1-2H3,(H,36,42)(H,37,41)(H,38,39,40)/b28-19+. The third-order valence-electron chi connectivity index (χ3n) is 6.54. The predicted molar refractivity (Wildman–Crippen MR) is 183 cm³/mol. The summed E-state index contributed by atoms with van der Waals surface area (Å²) in [5.41, 5.74) is 3.19. The molecule has 0 unspecified atom stereocenters. The second kappa shape index (κ2) is 15.6. The van der Waals surface area contributed by atoms with E-state index in [-0.39, 0.29) is 17.4 Å². The molecule has 1 heterocycles. The fourth-order valence-corrected chi connectivity index (χ4v) is 5.85. The zero-order valence-electron chi connectivity index (χ0n) is 25.0. The molecule has 11 heteroatoms. The smallest absolute Gasteiger partial charge is 0.272 e. The van der Waals surface area contributed by atoms with E-state index in [9.17, 15) is 14.4 Å². The van der Waals surface area contributed by atoms with Crippen LogP contribution in [-0.2, 0) is 9.59 Å². The molecule has 0 atom stereocenters. The number of hydrogen-bond donors (Lipinski definition) is 3. The molecule has 5 rings (SSSR count). The molecule has 0 saturated heterocycles. The Bertz CT molecular complexity index is 1860. The average molecular weight is 651 g/mol. The minimum Gasteiger partial charge on any atom is -0.493 e. The van der Waals surface area contributed by atoms with E-state index >= 15 is 0 Å². The first kappa shape index (κ1) is 32.0. The number of carbonyl (C=O) groups is 3. The Morgan fingerprint density at radius 3 is 2.33 bits per heavy atom. The topological polar surface area (TPSA) is 119 Å². The summed E-state index contributed by atoms with van der Waals surface area (Å²) in [5, 5.41) is 10.9. The SMILES string of the molecule is COc1cccc(/C=C(/NC(=O)c2ccccc2)C(=O)Nc2cccc(SCC(=O)Nc3nc(-c4ccccc4)cs3)c2)c1OC. The fraction of sp³-hybridized carbons (Fsp3) is 0.0857. The van der Waals surface area contributed by atoms with Crippen molar-refractivity contribution in [1.82, 2.24) is 10.3 Å². The highest BCUT2D eigenvalue weighted by Gasteiger charge is 2.18. The summed E-state index contributed by atoms with van der Waals surface area (Å²) in [4.78, 5) is 44.6. The van der Waals surface area contributed by atoms with Gasteiger partial charge < -0.3 is 25.4 Å². The Balaban J connectivity index is 1.27. The molecule has 0 spiro atoms. The van der Waals surface area contributed by atoms with Crippen molar-refractivity contribution in [3.63, 3.8) is 0 Å². The van der Waals surface area contributed by atoms with Crippen molar-refractivity contribution in [3.8, 4) is 22.8 Å². The molecule has 0 aliphatic heterocycles. The summed E-state index contributed by atoms with van der Waals surface area (Å²) in [6.45, 7) is 0. The Morgan fingerprint density at radius 1 is 0.848 bits per heavy atom. The van der Waals surface area contributed by atoms with E-state index in [1.54, 1.807) is 66.7 Å². The molecular formula is C35H30N4O5S2. The van der Waals surface area contributed by atoms with Crippen molar-refractivity contribution in [2.75, 3.05) is 30.6 Å². The molecule has 0 aliphatic carbocycles. The predicted octanol–water partition coefficient (Wildman–Crippen LogP) is 6.97. The molecule has 4 aromatic carbocycles. The molecule has 0 fully saturated rings. The van der Waals surface area contributed by atoms with Gasteiger partial charge in [0.15, 0.2) is 16.6 Å². The highest BCUT2D eigenvalue weighted by Crippen LogP contribution is 2.32. The molecule has 3 amide bonds. The molecule has 0 saturated carbocycles. The van der Waals surface area contributed by atoms with Crippen LogP contribution in [0, 0.1) is 0 Å². The maximum absolute atomic E-state index is 13.6. The number of thioether (sulfide) groups is 1. The lowest BCUT2D eigenvalue weighted by atomic mass is 10.1. The third kappa shape index (κ3) is 8.40. The Morgan fingerprint density at radius 2 is 1.59 bits per heavy atom. The number of thiazole rings is 1.